The van der Waals surface area contributed by atoms with Gasteiger partial charge in [0.1, 0.15) is 5.75 Å². The topological polar surface area (TPSA) is 58.7 Å². The number of aliphatic hydroxyl groups excluding tert-OH is 1. The van der Waals surface area contributed by atoms with Crippen molar-refractivity contribution in [2.45, 2.75) is 38.2 Å². The number of hydrogen-bond donors (Lipinski definition) is 2. The minimum atomic E-state index is -0.452. The lowest BCUT2D eigenvalue weighted by Gasteiger charge is -2.21. The molecular formula is C16H26N2O2. The fourth-order valence-electron chi connectivity index (χ4n) is 2.79. The van der Waals surface area contributed by atoms with Crippen LogP contribution in [-0.4, -0.2) is 36.8 Å². The summed E-state index contributed by atoms with van der Waals surface area (Å²) in [4.78, 5) is 2.46. The Morgan fingerprint density at radius 2 is 1.95 bits per heavy atom. The first kappa shape index (κ1) is 15.1. The number of benzene rings is 1. The van der Waals surface area contributed by atoms with Gasteiger partial charge in [0, 0.05) is 6.54 Å². The van der Waals surface area contributed by atoms with Crippen molar-refractivity contribution in [3.8, 4) is 5.75 Å². The second-order valence-electron chi connectivity index (χ2n) is 5.56. The molecule has 0 saturated carbocycles. The maximum absolute atomic E-state index is 10.3. The highest BCUT2D eigenvalue weighted by Crippen LogP contribution is 2.26. The third-order valence-corrected chi connectivity index (χ3v) is 4.06. The van der Waals surface area contributed by atoms with Crippen molar-refractivity contribution in [2.75, 3.05) is 32.5 Å². The molecule has 4 heteroatoms. The monoisotopic (exact) mass is 278 g/mol. The molecule has 1 aromatic rings. The number of methoxy groups -OCH3 is 1. The van der Waals surface area contributed by atoms with E-state index < -0.39 is 6.10 Å². The van der Waals surface area contributed by atoms with Crippen LogP contribution in [0.3, 0.4) is 0 Å². The van der Waals surface area contributed by atoms with Crippen molar-refractivity contribution in [3.05, 3.63) is 23.8 Å². The largest absolute Gasteiger partial charge is 0.495 e. The lowest BCUT2D eigenvalue weighted by molar-refractivity contribution is 0.143. The average Bonchev–Trinajstić information content (AvgIpc) is 2.73. The van der Waals surface area contributed by atoms with E-state index in [1.54, 1.807) is 7.11 Å². The molecule has 112 valence electrons. The highest BCUT2D eigenvalue weighted by atomic mass is 16.5. The zero-order valence-corrected chi connectivity index (χ0v) is 12.3. The third-order valence-electron chi connectivity index (χ3n) is 4.06. The molecule has 1 aliphatic heterocycles. The first-order valence-corrected chi connectivity index (χ1v) is 7.54. The highest BCUT2D eigenvalue weighted by molar-refractivity contribution is 5.54. The van der Waals surface area contributed by atoms with Gasteiger partial charge in [-0.2, -0.15) is 0 Å². The van der Waals surface area contributed by atoms with Crippen LogP contribution in [0.2, 0.25) is 0 Å². The van der Waals surface area contributed by atoms with E-state index in [-0.39, 0.29) is 0 Å². The van der Waals surface area contributed by atoms with Crippen LogP contribution in [0.4, 0.5) is 5.69 Å². The van der Waals surface area contributed by atoms with Crippen molar-refractivity contribution >= 4 is 5.69 Å². The van der Waals surface area contributed by atoms with Crippen molar-refractivity contribution in [1.29, 1.82) is 0 Å². The normalized spacial score (nSPS) is 18.5. The minimum Gasteiger partial charge on any atom is -0.495 e. The second kappa shape index (κ2) is 7.50. The number of anilines is 1. The maximum atomic E-state index is 10.3. The quantitative estimate of drug-likeness (QED) is 0.813. The molecule has 0 bridgehead atoms. The number of hydrogen-bond acceptors (Lipinski definition) is 4. The van der Waals surface area contributed by atoms with Gasteiger partial charge in [-0.3, -0.25) is 0 Å². The molecule has 2 rings (SSSR count). The summed E-state index contributed by atoms with van der Waals surface area (Å²) < 4.78 is 5.13. The van der Waals surface area contributed by atoms with E-state index in [0.717, 1.165) is 31.6 Å². The van der Waals surface area contributed by atoms with Gasteiger partial charge in [-0.05, 0) is 50.0 Å². The molecule has 0 aliphatic carbocycles. The Balaban J connectivity index is 1.87. The third kappa shape index (κ3) is 4.12. The molecule has 1 unspecified atom stereocenters. The molecule has 0 amide bonds. The summed E-state index contributed by atoms with van der Waals surface area (Å²) in [5.41, 5.74) is 7.34. The van der Waals surface area contributed by atoms with E-state index in [4.69, 9.17) is 10.5 Å². The fourth-order valence-corrected chi connectivity index (χ4v) is 2.79. The predicted molar refractivity (Wildman–Crippen MR) is 81.9 cm³/mol. The zero-order valence-electron chi connectivity index (χ0n) is 12.3. The number of likely N-dealkylation sites (tertiary alicyclic amines) is 1. The van der Waals surface area contributed by atoms with Gasteiger partial charge in [0.05, 0.1) is 18.9 Å². The van der Waals surface area contributed by atoms with Crippen LogP contribution >= 0.6 is 0 Å². The van der Waals surface area contributed by atoms with Crippen LogP contribution in [0.25, 0.3) is 0 Å². The van der Waals surface area contributed by atoms with Crippen LogP contribution in [0.15, 0.2) is 18.2 Å². The molecule has 0 spiro atoms. The molecule has 0 aromatic heterocycles. The molecule has 1 heterocycles. The van der Waals surface area contributed by atoms with Crippen LogP contribution < -0.4 is 10.5 Å². The van der Waals surface area contributed by atoms with Gasteiger partial charge in [0.15, 0.2) is 0 Å². The van der Waals surface area contributed by atoms with Gasteiger partial charge in [0.2, 0.25) is 0 Å². The summed E-state index contributed by atoms with van der Waals surface area (Å²) >= 11 is 0. The summed E-state index contributed by atoms with van der Waals surface area (Å²) in [6, 6.07) is 5.52. The molecule has 1 atom stereocenters. The number of aliphatic hydroxyl groups is 1. The minimum absolute atomic E-state index is 0.452. The number of ether oxygens (including phenoxy) is 1. The Hall–Kier alpha value is -1.26. The smallest absolute Gasteiger partial charge is 0.141 e. The molecule has 1 saturated heterocycles. The summed E-state index contributed by atoms with van der Waals surface area (Å²) in [7, 11) is 1.60. The summed E-state index contributed by atoms with van der Waals surface area (Å²) in [5, 5.41) is 10.3. The Morgan fingerprint density at radius 3 is 2.55 bits per heavy atom. The number of nitrogen functional groups attached to an aromatic ring is 1. The molecular weight excluding hydrogens is 252 g/mol. The van der Waals surface area contributed by atoms with Crippen LogP contribution in [0.5, 0.6) is 5.75 Å². The fraction of sp³-hybridized carbons (Fsp3) is 0.625. The van der Waals surface area contributed by atoms with Crippen LogP contribution in [-0.2, 0) is 0 Å². The van der Waals surface area contributed by atoms with E-state index in [1.165, 1.54) is 25.7 Å². The lowest BCUT2D eigenvalue weighted by Crippen LogP contribution is -2.26. The van der Waals surface area contributed by atoms with Crippen molar-refractivity contribution in [1.82, 2.24) is 4.90 Å². The van der Waals surface area contributed by atoms with E-state index in [9.17, 15) is 5.11 Å². The Morgan fingerprint density at radius 1 is 1.25 bits per heavy atom. The Kier molecular flexibility index (Phi) is 5.68. The highest BCUT2D eigenvalue weighted by Gasteiger charge is 2.13. The number of nitrogens with zero attached hydrogens (tertiary/aromatic N) is 1. The summed E-state index contributed by atoms with van der Waals surface area (Å²) in [5.74, 6) is 0.661. The average molecular weight is 278 g/mol. The van der Waals surface area contributed by atoms with E-state index >= 15 is 0 Å². The molecule has 1 fully saturated rings. The Labute approximate surface area is 121 Å². The van der Waals surface area contributed by atoms with Gasteiger partial charge in [-0.15, -0.1) is 0 Å². The van der Waals surface area contributed by atoms with Gasteiger partial charge in [-0.1, -0.05) is 18.9 Å². The van der Waals surface area contributed by atoms with Gasteiger partial charge in [0.25, 0.3) is 0 Å². The van der Waals surface area contributed by atoms with Crippen molar-refractivity contribution < 1.29 is 9.84 Å². The lowest BCUT2D eigenvalue weighted by atomic mass is 10.1. The standard InChI is InChI=1S/C16H26N2O2/c1-20-16-7-6-13(12-14(16)17)15(19)8-11-18-9-4-2-3-5-10-18/h6-7,12,15,19H,2-5,8-11,17H2,1H3. The summed E-state index contributed by atoms with van der Waals surface area (Å²) in [6.07, 6.45) is 5.55. The molecule has 0 radical (unpaired) electrons. The molecule has 20 heavy (non-hydrogen) atoms. The van der Waals surface area contributed by atoms with Gasteiger partial charge in [-0.25, -0.2) is 0 Å². The Bertz CT molecular complexity index is 415. The van der Waals surface area contributed by atoms with Crippen molar-refractivity contribution in [2.24, 2.45) is 0 Å². The first-order chi connectivity index (χ1) is 9.70. The van der Waals surface area contributed by atoms with Crippen LogP contribution in [0.1, 0.15) is 43.8 Å². The van der Waals surface area contributed by atoms with Gasteiger partial charge < -0.3 is 20.5 Å². The SMILES string of the molecule is COc1ccc(C(O)CCN2CCCCCC2)cc1N. The van der Waals surface area contributed by atoms with E-state index in [0.29, 0.717) is 11.4 Å². The predicted octanol–water partition coefficient (Wildman–Crippen LogP) is 2.58. The molecule has 1 aliphatic rings. The molecule has 4 nitrogen and oxygen atoms in total. The number of rotatable bonds is 5. The van der Waals surface area contributed by atoms with Crippen molar-refractivity contribution in [3.63, 3.8) is 0 Å². The van der Waals surface area contributed by atoms with E-state index in [2.05, 4.69) is 4.90 Å². The second-order valence-corrected chi connectivity index (χ2v) is 5.56. The number of nitrogens with two attached hydrogens (primary N) is 1. The van der Waals surface area contributed by atoms with E-state index in [1.807, 2.05) is 18.2 Å². The van der Waals surface area contributed by atoms with Gasteiger partial charge >= 0.3 is 0 Å². The molecule has 3 N–H and O–H groups in total. The zero-order chi connectivity index (χ0) is 14.4. The summed E-state index contributed by atoms with van der Waals surface area (Å²) in [6.45, 7) is 3.28. The first-order valence-electron chi connectivity index (χ1n) is 7.54. The maximum Gasteiger partial charge on any atom is 0.141 e. The molecule has 1 aromatic carbocycles. The van der Waals surface area contributed by atoms with Crippen LogP contribution in [0, 0.1) is 0 Å².